The fourth-order valence-corrected chi connectivity index (χ4v) is 3.92. The number of rotatable bonds is 0. The highest BCUT2D eigenvalue weighted by atomic mass is 32.1. The van der Waals surface area contributed by atoms with E-state index in [1.165, 1.54) is 10.1 Å². The summed E-state index contributed by atoms with van der Waals surface area (Å²) in [5.74, 6) is 1.69. The molecule has 3 aromatic heterocycles. The van der Waals surface area contributed by atoms with Crippen LogP contribution in [-0.2, 0) is 0 Å². The standard InChI is InChI=1S/C8H6S.C7H6O2.C6H6.C5H5N.C4H4S.10C2H6/c1-2-4-8-7(3-1)5-6-9-8;1-2-4-7-6(3-1)8-5-9-7;2*1-2-4-6-5-3-1;1-2-4-5-3-1;10*1-2/h1-6H;1-4H,5H2;1-6H;1-5H;1-4H;10*1-2H3. The highest BCUT2D eigenvalue weighted by molar-refractivity contribution is 7.17. The van der Waals surface area contributed by atoms with E-state index in [2.05, 4.69) is 40.7 Å². The summed E-state index contributed by atoms with van der Waals surface area (Å²) >= 11 is 3.50. The zero-order chi connectivity index (χ0) is 44.2. The molecule has 3 aromatic carbocycles. The number of ether oxygens (including phenoxy) is 2. The van der Waals surface area contributed by atoms with Crippen LogP contribution in [0.25, 0.3) is 10.1 Å². The van der Waals surface area contributed by atoms with Crippen LogP contribution in [0.1, 0.15) is 138 Å². The van der Waals surface area contributed by atoms with Crippen LogP contribution in [-0.4, -0.2) is 11.8 Å². The van der Waals surface area contributed by atoms with Crippen LogP contribution in [0.15, 0.2) is 150 Å². The minimum absolute atomic E-state index is 0.360. The number of para-hydroxylation sites is 2. The molecular formula is C50H87NO2S2. The van der Waals surface area contributed by atoms with E-state index in [4.69, 9.17) is 9.47 Å². The monoisotopic (exact) mass is 798 g/mol. The number of benzene rings is 3. The molecule has 1 aliphatic rings. The van der Waals surface area contributed by atoms with E-state index in [1.807, 2.05) is 240 Å². The Morgan fingerprint density at radius 2 is 0.709 bits per heavy atom. The Hall–Kier alpha value is -3.93. The third-order valence-corrected chi connectivity index (χ3v) is 5.82. The number of hydrogen-bond donors (Lipinski definition) is 0. The molecule has 6 aromatic rings. The van der Waals surface area contributed by atoms with E-state index in [0.717, 1.165) is 11.5 Å². The first-order valence-corrected chi connectivity index (χ1v) is 22.8. The van der Waals surface area contributed by atoms with Gasteiger partial charge in [-0.2, -0.15) is 11.3 Å². The molecule has 3 nitrogen and oxygen atoms in total. The highest BCUT2D eigenvalue weighted by Gasteiger charge is 2.09. The third kappa shape index (κ3) is 52.2. The van der Waals surface area contributed by atoms with Gasteiger partial charge in [-0.15, -0.1) is 11.3 Å². The maximum absolute atomic E-state index is 5.08. The molecule has 0 aliphatic carbocycles. The van der Waals surface area contributed by atoms with Gasteiger partial charge < -0.3 is 9.47 Å². The minimum Gasteiger partial charge on any atom is -0.454 e. The van der Waals surface area contributed by atoms with Gasteiger partial charge in [-0.1, -0.05) is 223 Å². The van der Waals surface area contributed by atoms with Crippen molar-refractivity contribution >= 4 is 32.8 Å². The quantitative estimate of drug-likeness (QED) is 0.153. The van der Waals surface area contributed by atoms with Crippen LogP contribution >= 0.6 is 22.7 Å². The molecule has 0 saturated carbocycles. The van der Waals surface area contributed by atoms with Crippen molar-refractivity contribution in [1.82, 2.24) is 4.98 Å². The van der Waals surface area contributed by atoms with Crippen molar-refractivity contribution in [2.75, 3.05) is 6.79 Å². The molecule has 0 saturated heterocycles. The van der Waals surface area contributed by atoms with E-state index >= 15 is 0 Å². The Morgan fingerprint density at radius 3 is 1.00 bits per heavy atom. The van der Waals surface area contributed by atoms with Gasteiger partial charge in [0.05, 0.1) is 0 Å². The van der Waals surface area contributed by atoms with Crippen LogP contribution in [0.3, 0.4) is 0 Å². The van der Waals surface area contributed by atoms with Crippen molar-refractivity contribution in [3.05, 3.63) is 150 Å². The summed E-state index contributed by atoms with van der Waals surface area (Å²) in [6, 6.07) is 39.9. The lowest BCUT2D eigenvalue weighted by molar-refractivity contribution is 0.174. The first-order valence-electron chi connectivity index (χ1n) is 21.0. The van der Waals surface area contributed by atoms with Crippen LogP contribution in [0.4, 0.5) is 0 Å². The van der Waals surface area contributed by atoms with Crippen LogP contribution in [0.2, 0.25) is 0 Å². The zero-order valence-electron chi connectivity index (χ0n) is 39.2. The average molecular weight is 798 g/mol. The molecule has 0 bridgehead atoms. The first kappa shape index (κ1) is 69.0. The van der Waals surface area contributed by atoms with Crippen molar-refractivity contribution < 1.29 is 9.47 Å². The van der Waals surface area contributed by atoms with Crippen molar-refractivity contribution in [2.24, 2.45) is 0 Å². The SMILES string of the molecule is CC.CC.CC.CC.CC.CC.CC.CC.CC.CC.c1ccc2c(c1)OCO2.c1ccc2sccc2c1.c1ccccc1.c1ccncc1.c1ccsc1. The number of fused-ring (bicyclic) bond motifs is 2. The predicted molar refractivity (Wildman–Crippen MR) is 263 cm³/mol. The summed E-state index contributed by atoms with van der Waals surface area (Å²) in [4.78, 5) is 3.78. The minimum atomic E-state index is 0.360. The summed E-state index contributed by atoms with van der Waals surface area (Å²) in [6.07, 6.45) is 3.50. The molecule has 0 radical (unpaired) electrons. The Morgan fingerprint density at radius 1 is 0.364 bits per heavy atom. The fourth-order valence-electron chi connectivity index (χ4n) is 2.68. The van der Waals surface area contributed by atoms with Gasteiger partial charge in [-0.25, -0.2) is 0 Å². The molecule has 4 heterocycles. The number of hydrogen-bond acceptors (Lipinski definition) is 5. The number of pyridine rings is 1. The average Bonchev–Trinajstić information content (AvgIpc) is 4.18. The second-order valence-electron chi connectivity index (χ2n) is 6.78. The molecule has 0 unspecified atom stereocenters. The van der Waals surface area contributed by atoms with E-state index in [1.54, 1.807) is 35.1 Å². The first-order chi connectivity index (χ1) is 27.4. The predicted octanol–water partition coefficient (Wildman–Crippen LogP) is 19.1. The van der Waals surface area contributed by atoms with Crippen LogP contribution in [0, 0.1) is 0 Å². The number of aromatic nitrogens is 1. The van der Waals surface area contributed by atoms with Crippen molar-refractivity contribution in [1.29, 1.82) is 0 Å². The third-order valence-electron chi connectivity index (χ3n) is 4.30. The van der Waals surface area contributed by atoms with Crippen LogP contribution < -0.4 is 9.47 Å². The normalized spacial score (nSPS) is 7.49. The van der Waals surface area contributed by atoms with E-state index in [9.17, 15) is 0 Å². The van der Waals surface area contributed by atoms with E-state index in [0.29, 0.717) is 6.79 Å². The number of thiophene rings is 2. The van der Waals surface area contributed by atoms with E-state index < -0.39 is 0 Å². The summed E-state index contributed by atoms with van der Waals surface area (Å²) in [5, 5.41) is 7.55. The molecule has 0 N–H and O–H groups in total. The van der Waals surface area contributed by atoms with Gasteiger partial charge >= 0.3 is 0 Å². The van der Waals surface area contributed by atoms with Gasteiger partial charge in [0, 0.05) is 17.1 Å². The molecule has 0 spiro atoms. The lowest BCUT2D eigenvalue weighted by Gasteiger charge is -1.89. The molecule has 1 aliphatic heterocycles. The summed E-state index contributed by atoms with van der Waals surface area (Å²) in [6.45, 7) is 40.4. The lowest BCUT2D eigenvalue weighted by atomic mass is 10.3. The zero-order valence-corrected chi connectivity index (χ0v) is 40.9. The van der Waals surface area contributed by atoms with Gasteiger partial charge in [0.25, 0.3) is 0 Å². The molecule has 5 heteroatoms. The smallest absolute Gasteiger partial charge is 0.231 e. The maximum atomic E-state index is 5.08. The summed E-state index contributed by atoms with van der Waals surface area (Å²) < 4.78 is 11.5. The molecule has 0 amide bonds. The second kappa shape index (κ2) is 79.0. The van der Waals surface area contributed by atoms with E-state index in [-0.39, 0.29) is 0 Å². The van der Waals surface area contributed by atoms with Gasteiger partial charge in [-0.3, -0.25) is 4.98 Å². The Bertz CT molecular complexity index is 1120. The lowest BCUT2D eigenvalue weighted by Crippen LogP contribution is -1.92. The molecule has 0 atom stereocenters. The van der Waals surface area contributed by atoms with Crippen LogP contribution in [0.5, 0.6) is 11.5 Å². The molecular weight excluding hydrogens is 711 g/mol. The Balaban J connectivity index is -0.0000000759. The molecule has 55 heavy (non-hydrogen) atoms. The Kier molecular flexibility index (Phi) is 99.1. The maximum Gasteiger partial charge on any atom is 0.231 e. The van der Waals surface area contributed by atoms with Crippen molar-refractivity contribution in [3.63, 3.8) is 0 Å². The fraction of sp³-hybridized carbons (Fsp3) is 0.420. The van der Waals surface area contributed by atoms with Crippen molar-refractivity contribution in [2.45, 2.75) is 138 Å². The molecule has 316 valence electrons. The largest absolute Gasteiger partial charge is 0.454 e. The summed E-state index contributed by atoms with van der Waals surface area (Å²) in [5.41, 5.74) is 0. The number of nitrogens with zero attached hydrogens (tertiary/aromatic N) is 1. The summed E-state index contributed by atoms with van der Waals surface area (Å²) in [7, 11) is 0. The van der Waals surface area contributed by atoms with Gasteiger partial charge in [0.2, 0.25) is 6.79 Å². The second-order valence-corrected chi connectivity index (χ2v) is 8.55. The highest BCUT2D eigenvalue weighted by Crippen LogP contribution is 2.30. The Labute approximate surface area is 352 Å². The topological polar surface area (TPSA) is 31.4 Å². The van der Waals surface area contributed by atoms with Crippen molar-refractivity contribution in [3.8, 4) is 11.5 Å². The van der Waals surface area contributed by atoms with Gasteiger partial charge in [0.15, 0.2) is 11.5 Å². The molecule has 0 fully saturated rings. The van der Waals surface area contributed by atoms with Gasteiger partial charge in [-0.05, 0) is 57.9 Å². The van der Waals surface area contributed by atoms with Gasteiger partial charge in [0.1, 0.15) is 0 Å². The molecule has 7 rings (SSSR count).